The molecule has 1 aromatic heterocycles. The van der Waals surface area contributed by atoms with Crippen molar-refractivity contribution in [2.75, 3.05) is 20.1 Å². The summed E-state index contributed by atoms with van der Waals surface area (Å²) in [5.74, 6) is 0.819. The molecule has 2 aromatic rings. The van der Waals surface area contributed by atoms with Crippen molar-refractivity contribution >= 4 is 41.5 Å². The molecule has 0 atom stereocenters. The first kappa shape index (κ1) is 20.7. The predicted molar refractivity (Wildman–Crippen MR) is 113 cm³/mol. The van der Waals surface area contributed by atoms with Gasteiger partial charge >= 0.3 is 0 Å². The van der Waals surface area contributed by atoms with E-state index < -0.39 is 0 Å². The standard InChI is InChI=1S/C18H23ClN4.HI/c1-14-3-4-16(13-23-14)10-12-22-18(20-2)21-11-9-15-5-7-17(19)8-6-15;/h3-8,13H,9-12H2,1-2H3,(H2,20,21,22);1H. The van der Waals surface area contributed by atoms with E-state index in [0.29, 0.717) is 0 Å². The third-order valence-corrected chi connectivity index (χ3v) is 3.77. The van der Waals surface area contributed by atoms with Gasteiger partial charge in [-0.15, -0.1) is 24.0 Å². The van der Waals surface area contributed by atoms with E-state index >= 15 is 0 Å². The summed E-state index contributed by atoms with van der Waals surface area (Å²) in [6, 6.07) is 12.1. The van der Waals surface area contributed by atoms with Gasteiger partial charge in [0.25, 0.3) is 0 Å². The topological polar surface area (TPSA) is 49.3 Å². The van der Waals surface area contributed by atoms with Crippen LogP contribution in [0, 0.1) is 6.92 Å². The molecule has 130 valence electrons. The molecule has 0 fully saturated rings. The molecule has 0 aliphatic heterocycles. The molecule has 24 heavy (non-hydrogen) atoms. The summed E-state index contributed by atoms with van der Waals surface area (Å²) in [7, 11) is 1.78. The van der Waals surface area contributed by atoms with Crippen LogP contribution >= 0.6 is 35.6 Å². The number of aromatic nitrogens is 1. The van der Waals surface area contributed by atoms with Gasteiger partial charge < -0.3 is 10.6 Å². The van der Waals surface area contributed by atoms with Crippen LogP contribution in [0.4, 0.5) is 0 Å². The van der Waals surface area contributed by atoms with Crippen LogP contribution in [0.2, 0.25) is 5.02 Å². The fourth-order valence-corrected chi connectivity index (χ4v) is 2.29. The molecule has 0 bridgehead atoms. The highest BCUT2D eigenvalue weighted by atomic mass is 127. The number of rotatable bonds is 6. The molecule has 2 N–H and O–H groups in total. The molecule has 0 amide bonds. The third-order valence-electron chi connectivity index (χ3n) is 3.52. The van der Waals surface area contributed by atoms with Gasteiger partial charge in [0.05, 0.1) is 0 Å². The molecular weight excluding hydrogens is 435 g/mol. The zero-order chi connectivity index (χ0) is 16.5. The van der Waals surface area contributed by atoms with E-state index in [1.165, 1.54) is 11.1 Å². The highest BCUT2D eigenvalue weighted by Gasteiger charge is 1.99. The highest BCUT2D eigenvalue weighted by molar-refractivity contribution is 14.0. The van der Waals surface area contributed by atoms with Crippen LogP contribution in [-0.4, -0.2) is 31.1 Å². The number of pyridine rings is 1. The van der Waals surface area contributed by atoms with E-state index in [4.69, 9.17) is 11.6 Å². The van der Waals surface area contributed by atoms with Crippen molar-refractivity contribution in [1.82, 2.24) is 15.6 Å². The minimum absolute atomic E-state index is 0. The van der Waals surface area contributed by atoms with E-state index in [9.17, 15) is 0 Å². The van der Waals surface area contributed by atoms with Gasteiger partial charge in [0.1, 0.15) is 0 Å². The minimum atomic E-state index is 0. The molecule has 0 saturated carbocycles. The lowest BCUT2D eigenvalue weighted by Gasteiger charge is -2.12. The zero-order valence-corrected chi connectivity index (χ0v) is 17.1. The lowest BCUT2D eigenvalue weighted by molar-refractivity contribution is 0.783. The molecule has 0 spiro atoms. The first-order chi connectivity index (χ1) is 11.2. The molecule has 0 aliphatic rings. The average molecular weight is 459 g/mol. The first-order valence-electron chi connectivity index (χ1n) is 7.78. The van der Waals surface area contributed by atoms with Crippen molar-refractivity contribution in [3.8, 4) is 0 Å². The van der Waals surface area contributed by atoms with Gasteiger partial charge in [-0.2, -0.15) is 0 Å². The molecule has 0 saturated heterocycles. The van der Waals surface area contributed by atoms with Crippen LogP contribution in [0.5, 0.6) is 0 Å². The molecule has 0 unspecified atom stereocenters. The number of aliphatic imine (C=N–C) groups is 1. The Morgan fingerprint density at radius 1 is 1.00 bits per heavy atom. The molecular formula is C18H24ClIN4. The number of hydrogen-bond donors (Lipinski definition) is 2. The smallest absolute Gasteiger partial charge is 0.190 e. The van der Waals surface area contributed by atoms with Gasteiger partial charge in [0.2, 0.25) is 0 Å². The lowest BCUT2D eigenvalue weighted by Crippen LogP contribution is -2.39. The maximum absolute atomic E-state index is 5.89. The van der Waals surface area contributed by atoms with E-state index in [0.717, 1.165) is 42.6 Å². The fraction of sp³-hybridized carbons (Fsp3) is 0.333. The van der Waals surface area contributed by atoms with Gasteiger partial charge in [0.15, 0.2) is 5.96 Å². The second-order valence-electron chi connectivity index (χ2n) is 5.36. The van der Waals surface area contributed by atoms with E-state index in [1.54, 1.807) is 7.05 Å². The van der Waals surface area contributed by atoms with Gasteiger partial charge in [0, 0.05) is 37.1 Å². The molecule has 0 radical (unpaired) electrons. The van der Waals surface area contributed by atoms with Crippen LogP contribution in [0.15, 0.2) is 47.6 Å². The van der Waals surface area contributed by atoms with Gasteiger partial charge in [-0.3, -0.25) is 9.98 Å². The second kappa shape index (κ2) is 11.3. The fourth-order valence-electron chi connectivity index (χ4n) is 2.17. The van der Waals surface area contributed by atoms with E-state index in [2.05, 4.69) is 26.7 Å². The van der Waals surface area contributed by atoms with Crippen molar-refractivity contribution in [1.29, 1.82) is 0 Å². The largest absolute Gasteiger partial charge is 0.356 e. The number of hydrogen-bond acceptors (Lipinski definition) is 2. The van der Waals surface area contributed by atoms with Gasteiger partial charge in [-0.25, -0.2) is 0 Å². The van der Waals surface area contributed by atoms with Crippen molar-refractivity contribution in [2.45, 2.75) is 19.8 Å². The van der Waals surface area contributed by atoms with Crippen LogP contribution < -0.4 is 10.6 Å². The number of halogens is 2. The highest BCUT2D eigenvalue weighted by Crippen LogP contribution is 2.09. The number of benzene rings is 1. The number of aryl methyl sites for hydroxylation is 1. The summed E-state index contributed by atoms with van der Waals surface area (Å²) in [4.78, 5) is 8.54. The maximum atomic E-state index is 5.89. The van der Waals surface area contributed by atoms with Crippen LogP contribution in [0.1, 0.15) is 16.8 Å². The Kier molecular flexibility index (Phi) is 9.71. The third kappa shape index (κ3) is 7.49. The molecule has 2 rings (SSSR count). The number of guanidine groups is 1. The normalized spacial score (nSPS) is 10.9. The Labute approximate surface area is 166 Å². The maximum Gasteiger partial charge on any atom is 0.190 e. The molecule has 0 aliphatic carbocycles. The van der Waals surface area contributed by atoms with Crippen LogP contribution in [0.3, 0.4) is 0 Å². The van der Waals surface area contributed by atoms with Gasteiger partial charge in [-0.05, 0) is 49.1 Å². The summed E-state index contributed by atoms with van der Waals surface area (Å²) >= 11 is 5.89. The van der Waals surface area contributed by atoms with E-state index in [-0.39, 0.29) is 24.0 Å². The average Bonchev–Trinajstić information content (AvgIpc) is 2.57. The first-order valence-corrected chi connectivity index (χ1v) is 8.15. The molecule has 1 aromatic carbocycles. The SMILES string of the molecule is CN=C(NCCc1ccc(Cl)cc1)NCCc1ccc(C)nc1.I. The molecule has 1 heterocycles. The van der Waals surface area contributed by atoms with Crippen molar-refractivity contribution in [3.63, 3.8) is 0 Å². The quantitative estimate of drug-likeness (QED) is 0.395. The summed E-state index contributed by atoms with van der Waals surface area (Å²) in [5.41, 5.74) is 3.52. The van der Waals surface area contributed by atoms with Crippen LogP contribution in [0.25, 0.3) is 0 Å². The Hall–Kier alpha value is -1.34. The lowest BCUT2D eigenvalue weighted by atomic mass is 10.1. The van der Waals surface area contributed by atoms with Crippen LogP contribution in [-0.2, 0) is 12.8 Å². The van der Waals surface area contributed by atoms with E-state index in [1.807, 2.05) is 43.5 Å². The Bertz CT molecular complexity index is 573. The number of nitrogens with one attached hydrogen (secondary N) is 2. The molecule has 6 heteroatoms. The monoisotopic (exact) mass is 458 g/mol. The zero-order valence-electron chi connectivity index (χ0n) is 14.1. The molecule has 4 nitrogen and oxygen atoms in total. The summed E-state index contributed by atoms with van der Waals surface area (Å²) < 4.78 is 0. The predicted octanol–water partition coefficient (Wildman–Crippen LogP) is 3.61. The van der Waals surface area contributed by atoms with Crippen molar-refractivity contribution < 1.29 is 0 Å². The summed E-state index contributed by atoms with van der Waals surface area (Å²) in [5, 5.41) is 7.40. The Morgan fingerprint density at radius 3 is 2.12 bits per heavy atom. The van der Waals surface area contributed by atoms with Crippen molar-refractivity contribution in [2.24, 2.45) is 4.99 Å². The minimum Gasteiger partial charge on any atom is -0.356 e. The summed E-state index contributed by atoms with van der Waals surface area (Å²) in [6.07, 6.45) is 3.78. The summed E-state index contributed by atoms with van der Waals surface area (Å²) in [6.45, 7) is 3.65. The Morgan fingerprint density at radius 2 is 1.58 bits per heavy atom. The number of nitrogens with zero attached hydrogens (tertiary/aromatic N) is 2. The van der Waals surface area contributed by atoms with Gasteiger partial charge in [-0.1, -0.05) is 29.8 Å². The van der Waals surface area contributed by atoms with Crippen molar-refractivity contribution in [3.05, 3.63) is 64.4 Å². The Balaban J connectivity index is 0.00000288. The second-order valence-corrected chi connectivity index (χ2v) is 5.80.